The number of carbonyl (C=O) groups excluding carboxylic acids is 2. The second-order valence-electron chi connectivity index (χ2n) is 5.03. The van der Waals surface area contributed by atoms with E-state index in [0.29, 0.717) is 5.89 Å². The van der Waals surface area contributed by atoms with Crippen LogP contribution in [0.25, 0.3) is 0 Å². The average Bonchev–Trinajstić information content (AvgIpc) is 3.07. The fourth-order valence-corrected chi connectivity index (χ4v) is 2.07. The van der Waals surface area contributed by atoms with Gasteiger partial charge in [0.15, 0.2) is 0 Å². The molecule has 20 heavy (non-hydrogen) atoms. The highest BCUT2D eigenvalue weighted by molar-refractivity contribution is 5.94. The molecular formula is C12H19N5O3. The van der Waals surface area contributed by atoms with Gasteiger partial charge in [0.05, 0.1) is 6.04 Å². The lowest BCUT2D eigenvalue weighted by Gasteiger charge is -2.16. The van der Waals surface area contributed by atoms with Crippen LogP contribution in [-0.2, 0) is 4.79 Å². The maximum Gasteiger partial charge on any atom is 0.293 e. The lowest BCUT2D eigenvalue weighted by atomic mass is 10.2. The van der Waals surface area contributed by atoms with Gasteiger partial charge in [-0.15, -0.1) is 0 Å². The number of nitrogens with one attached hydrogen (secondary N) is 2. The van der Waals surface area contributed by atoms with E-state index < -0.39 is 11.9 Å². The minimum absolute atomic E-state index is 0.0184. The van der Waals surface area contributed by atoms with Crippen molar-refractivity contribution in [3.63, 3.8) is 0 Å². The molecule has 0 aliphatic carbocycles. The van der Waals surface area contributed by atoms with E-state index in [-0.39, 0.29) is 17.8 Å². The van der Waals surface area contributed by atoms with Crippen LogP contribution in [0.2, 0.25) is 0 Å². The Morgan fingerprint density at radius 3 is 2.85 bits per heavy atom. The maximum absolute atomic E-state index is 11.9. The first-order valence-electron chi connectivity index (χ1n) is 6.58. The van der Waals surface area contributed by atoms with Crippen LogP contribution in [0.1, 0.15) is 42.3 Å². The Bertz CT molecular complexity index is 493. The van der Waals surface area contributed by atoms with E-state index in [0.717, 1.165) is 19.4 Å². The zero-order valence-electron chi connectivity index (χ0n) is 11.8. The first-order chi connectivity index (χ1) is 9.49. The summed E-state index contributed by atoms with van der Waals surface area (Å²) in [4.78, 5) is 29.1. The molecule has 0 spiro atoms. The van der Waals surface area contributed by atoms with Crippen LogP contribution >= 0.6 is 0 Å². The average molecular weight is 281 g/mol. The number of rotatable bonds is 4. The van der Waals surface area contributed by atoms with Crippen LogP contribution < -0.4 is 10.6 Å². The minimum Gasteiger partial charge on any atom is -0.347 e. The third kappa shape index (κ3) is 3.13. The molecule has 2 rings (SSSR count). The molecule has 1 aromatic heterocycles. The highest BCUT2D eigenvalue weighted by atomic mass is 16.5. The van der Waals surface area contributed by atoms with E-state index in [4.69, 9.17) is 4.52 Å². The number of amides is 2. The molecule has 2 unspecified atom stereocenters. The Kier molecular flexibility index (Phi) is 4.33. The van der Waals surface area contributed by atoms with E-state index in [2.05, 4.69) is 20.8 Å². The predicted molar refractivity (Wildman–Crippen MR) is 69.9 cm³/mol. The van der Waals surface area contributed by atoms with Crippen molar-refractivity contribution in [3.05, 3.63) is 11.7 Å². The van der Waals surface area contributed by atoms with Crippen LogP contribution in [0, 0.1) is 0 Å². The molecule has 0 radical (unpaired) electrons. The molecule has 8 nitrogen and oxygen atoms in total. The Hall–Kier alpha value is -1.96. The summed E-state index contributed by atoms with van der Waals surface area (Å²) in [5.74, 6) is -0.341. The second kappa shape index (κ2) is 6.00. The molecule has 1 aliphatic rings. The molecule has 0 saturated carbocycles. The van der Waals surface area contributed by atoms with Crippen LogP contribution in [0.5, 0.6) is 0 Å². The summed E-state index contributed by atoms with van der Waals surface area (Å²) in [6, 6.07) is -0.617. The molecule has 2 amide bonds. The number of nitrogens with zero attached hydrogens (tertiary/aromatic N) is 3. The van der Waals surface area contributed by atoms with Gasteiger partial charge in [-0.1, -0.05) is 5.16 Å². The van der Waals surface area contributed by atoms with Crippen molar-refractivity contribution in [1.82, 2.24) is 25.7 Å². The molecule has 0 bridgehead atoms. The van der Waals surface area contributed by atoms with Crippen molar-refractivity contribution >= 4 is 11.8 Å². The van der Waals surface area contributed by atoms with Gasteiger partial charge in [-0.2, -0.15) is 4.98 Å². The first-order valence-corrected chi connectivity index (χ1v) is 6.58. The summed E-state index contributed by atoms with van der Waals surface area (Å²) in [5.41, 5.74) is 0. The maximum atomic E-state index is 11.9. The largest absolute Gasteiger partial charge is 0.347 e. The van der Waals surface area contributed by atoms with Crippen LogP contribution in [0.4, 0.5) is 0 Å². The van der Waals surface area contributed by atoms with Gasteiger partial charge < -0.3 is 20.1 Å². The summed E-state index contributed by atoms with van der Waals surface area (Å²) >= 11 is 0. The number of hydrogen-bond donors (Lipinski definition) is 2. The minimum atomic E-state index is -0.635. The van der Waals surface area contributed by atoms with Gasteiger partial charge in [-0.3, -0.25) is 9.59 Å². The van der Waals surface area contributed by atoms with Crippen LogP contribution in [-0.4, -0.2) is 53.5 Å². The van der Waals surface area contributed by atoms with E-state index in [1.165, 1.54) is 4.90 Å². The van der Waals surface area contributed by atoms with Crippen LogP contribution in [0.3, 0.4) is 0 Å². The highest BCUT2D eigenvalue weighted by Gasteiger charge is 2.25. The molecule has 2 heterocycles. The Morgan fingerprint density at radius 2 is 2.25 bits per heavy atom. The van der Waals surface area contributed by atoms with Crippen molar-refractivity contribution in [2.75, 3.05) is 20.6 Å². The molecule has 2 N–H and O–H groups in total. The fourth-order valence-electron chi connectivity index (χ4n) is 2.07. The van der Waals surface area contributed by atoms with E-state index in [1.54, 1.807) is 21.0 Å². The Balaban J connectivity index is 1.97. The van der Waals surface area contributed by atoms with E-state index in [9.17, 15) is 9.59 Å². The van der Waals surface area contributed by atoms with E-state index in [1.807, 2.05) is 0 Å². The highest BCUT2D eigenvalue weighted by Crippen LogP contribution is 2.20. The van der Waals surface area contributed by atoms with Gasteiger partial charge >= 0.3 is 0 Å². The van der Waals surface area contributed by atoms with Crippen molar-refractivity contribution in [1.29, 1.82) is 0 Å². The van der Waals surface area contributed by atoms with E-state index >= 15 is 0 Å². The second-order valence-corrected chi connectivity index (χ2v) is 5.03. The monoisotopic (exact) mass is 281 g/mol. The molecule has 1 aromatic rings. The van der Waals surface area contributed by atoms with Crippen molar-refractivity contribution in [2.45, 2.75) is 31.8 Å². The summed E-state index contributed by atoms with van der Waals surface area (Å²) in [6.45, 7) is 2.52. The zero-order chi connectivity index (χ0) is 14.7. The molecule has 110 valence electrons. The smallest absolute Gasteiger partial charge is 0.293 e. The summed E-state index contributed by atoms with van der Waals surface area (Å²) < 4.78 is 5.08. The molecular weight excluding hydrogens is 262 g/mol. The number of hydrogen-bond acceptors (Lipinski definition) is 6. The zero-order valence-corrected chi connectivity index (χ0v) is 11.8. The molecule has 1 fully saturated rings. The van der Waals surface area contributed by atoms with Crippen LogP contribution in [0.15, 0.2) is 4.52 Å². The quantitative estimate of drug-likeness (QED) is 0.786. The molecule has 1 aliphatic heterocycles. The number of aromatic nitrogens is 2. The first kappa shape index (κ1) is 14.4. The summed E-state index contributed by atoms with van der Waals surface area (Å²) in [7, 11) is 3.26. The van der Waals surface area contributed by atoms with Gasteiger partial charge in [0, 0.05) is 14.1 Å². The van der Waals surface area contributed by atoms with Gasteiger partial charge in [0.25, 0.3) is 11.7 Å². The Morgan fingerprint density at radius 1 is 1.50 bits per heavy atom. The fraction of sp³-hybridized carbons (Fsp3) is 0.667. The number of carbonyl (C=O) groups is 2. The molecule has 2 atom stereocenters. The molecule has 0 aromatic carbocycles. The normalized spacial score (nSPS) is 19.6. The van der Waals surface area contributed by atoms with Gasteiger partial charge in [0.2, 0.25) is 11.8 Å². The van der Waals surface area contributed by atoms with Crippen molar-refractivity contribution in [2.24, 2.45) is 0 Å². The standard InChI is InChI=1S/C12H19N5O3/c1-7(12(19)17(2)3)14-10(18)9-15-11(20-16-9)8-5-4-6-13-8/h7-8,13H,4-6H2,1-3H3,(H,14,18). The summed E-state index contributed by atoms with van der Waals surface area (Å²) in [5, 5.41) is 9.41. The van der Waals surface area contributed by atoms with Gasteiger partial charge in [-0.05, 0) is 26.3 Å². The van der Waals surface area contributed by atoms with Crippen molar-refractivity contribution in [3.8, 4) is 0 Å². The number of likely N-dealkylation sites (N-methyl/N-ethyl adjacent to an activating group) is 1. The van der Waals surface area contributed by atoms with Gasteiger partial charge in [-0.25, -0.2) is 0 Å². The van der Waals surface area contributed by atoms with Crippen molar-refractivity contribution < 1.29 is 14.1 Å². The third-order valence-electron chi connectivity index (χ3n) is 3.16. The SMILES string of the molecule is CC(NC(=O)c1noc(C2CCCN2)n1)C(=O)N(C)C. The predicted octanol–water partition coefficient (Wildman–Crippen LogP) is -0.299. The lowest BCUT2D eigenvalue weighted by Crippen LogP contribution is -2.44. The lowest BCUT2D eigenvalue weighted by molar-refractivity contribution is -0.130. The topological polar surface area (TPSA) is 100 Å². The molecule has 8 heteroatoms. The van der Waals surface area contributed by atoms with Gasteiger partial charge in [0.1, 0.15) is 6.04 Å². The molecule has 1 saturated heterocycles. The third-order valence-corrected chi connectivity index (χ3v) is 3.16. The Labute approximate surface area is 116 Å². The summed E-state index contributed by atoms with van der Waals surface area (Å²) in [6.07, 6.45) is 1.96.